The molecule has 0 atom stereocenters. The van der Waals surface area contributed by atoms with E-state index in [-0.39, 0.29) is 7.43 Å². The van der Waals surface area contributed by atoms with Crippen molar-refractivity contribution in [1.29, 1.82) is 0 Å². The average Bonchev–Trinajstić information content (AvgIpc) is 3.85. The molecule has 0 spiro atoms. The molecular weight excluding hydrogens is 725 g/mol. The monoisotopic (exact) mass is 775 g/mol. The average molecular weight is 776 g/mol. The number of rotatable bonds is 12. The fourth-order valence-electron chi connectivity index (χ4n) is 7.79. The summed E-state index contributed by atoms with van der Waals surface area (Å²) in [6, 6.07) is 59.6. The summed E-state index contributed by atoms with van der Waals surface area (Å²) in [5.74, 6) is 0.759. The molecule has 59 heavy (non-hydrogen) atoms. The zero-order valence-corrected chi connectivity index (χ0v) is 33.4. The van der Waals surface area contributed by atoms with Gasteiger partial charge in [-0.25, -0.2) is 0 Å². The van der Waals surface area contributed by atoms with Crippen LogP contribution in [-0.4, -0.2) is 25.2 Å². The van der Waals surface area contributed by atoms with Gasteiger partial charge in [0.25, 0.3) is 0 Å². The molecule has 0 saturated heterocycles. The minimum absolute atomic E-state index is 0. The number of fused-ring (bicyclic) bond motifs is 2. The first-order valence-electron chi connectivity index (χ1n) is 20.1. The van der Waals surface area contributed by atoms with Gasteiger partial charge in [-0.1, -0.05) is 132 Å². The quantitative estimate of drug-likeness (QED) is 0.125. The lowest BCUT2D eigenvalue weighted by Gasteiger charge is -2.25. The van der Waals surface area contributed by atoms with Crippen LogP contribution in [0.15, 0.2) is 170 Å². The molecule has 0 radical (unpaired) electrons. The number of hydrogen-bond donors (Lipinski definition) is 1. The van der Waals surface area contributed by atoms with E-state index in [0.29, 0.717) is 18.4 Å². The van der Waals surface area contributed by atoms with E-state index in [4.69, 9.17) is 15.3 Å². The summed E-state index contributed by atoms with van der Waals surface area (Å²) in [6.45, 7) is 10.3. The summed E-state index contributed by atoms with van der Waals surface area (Å²) in [7, 11) is 0. The number of anilines is 6. The molecule has 0 amide bonds. The van der Waals surface area contributed by atoms with E-state index in [1.807, 2.05) is 9.59 Å². The summed E-state index contributed by atoms with van der Waals surface area (Å²) in [4.78, 5) is 8.41. The fraction of sp³-hybridized carbons (Fsp3) is 0.176. The highest BCUT2D eigenvalue weighted by Crippen LogP contribution is 2.43. The zero-order chi connectivity index (χ0) is 39.6. The molecule has 294 valence electrons. The number of H-pyrrole nitrogens is 1. The van der Waals surface area contributed by atoms with Crippen LogP contribution in [-0.2, 0) is 13.1 Å². The Balaban J connectivity index is 0.00000484. The first-order chi connectivity index (χ1) is 28.4. The Morgan fingerprint density at radius 3 is 1.24 bits per heavy atom. The molecule has 2 heterocycles. The Morgan fingerprint density at radius 1 is 0.475 bits per heavy atom. The van der Waals surface area contributed by atoms with E-state index in [9.17, 15) is 0 Å². The molecule has 9 rings (SSSR count). The van der Waals surface area contributed by atoms with E-state index in [2.05, 4.69) is 212 Å². The SMILES string of the molecule is C.CC(C)Cn1nc2c(-c3ccc(N(c4ccccc4)c4ccccc4)cc3)c3n[n+](CC(C)C)[nH]c3c(-c3ccc(N(c4ccccc4)c4ccccc4)cc3)c2n1. The predicted octanol–water partition coefficient (Wildman–Crippen LogP) is 12.8. The highest BCUT2D eigenvalue weighted by molar-refractivity contribution is 6.16. The second kappa shape index (κ2) is 16.8. The van der Waals surface area contributed by atoms with Gasteiger partial charge in [0.1, 0.15) is 16.6 Å². The zero-order valence-electron chi connectivity index (χ0n) is 33.4. The Bertz CT molecular complexity index is 2430. The van der Waals surface area contributed by atoms with Crippen LogP contribution < -0.4 is 14.6 Å². The minimum Gasteiger partial charge on any atom is -0.311 e. The van der Waals surface area contributed by atoms with Crippen LogP contribution in [0.5, 0.6) is 0 Å². The number of aromatic amines is 1. The largest absolute Gasteiger partial charge is 0.311 e. The van der Waals surface area contributed by atoms with Gasteiger partial charge in [0.2, 0.25) is 6.54 Å². The maximum absolute atomic E-state index is 5.28. The first-order valence-corrected chi connectivity index (χ1v) is 20.1. The lowest BCUT2D eigenvalue weighted by atomic mass is 9.95. The highest BCUT2D eigenvalue weighted by atomic mass is 15.5. The van der Waals surface area contributed by atoms with Crippen LogP contribution in [0.3, 0.4) is 0 Å². The number of nitrogens with zero attached hydrogens (tertiary/aromatic N) is 7. The van der Waals surface area contributed by atoms with Crippen LogP contribution in [0.1, 0.15) is 35.1 Å². The van der Waals surface area contributed by atoms with Crippen molar-refractivity contribution in [2.24, 2.45) is 11.8 Å². The number of hydrogen-bond acceptors (Lipinski definition) is 5. The maximum atomic E-state index is 5.28. The van der Waals surface area contributed by atoms with Crippen LogP contribution in [0.2, 0.25) is 0 Å². The maximum Gasteiger partial charge on any atom is 0.203 e. The van der Waals surface area contributed by atoms with Gasteiger partial charge >= 0.3 is 0 Å². The normalized spacial score (nSPS) is 11.4. The third-order valence-corrected chi connectivity index (χ3v) is 10.3. The lowest BCUT2D eigenvalue weighted by molar-refractivity contribution is -0.804. The van der Waals surface area contributed by atoms with Gasteiger partial charge in [-0.2, -0.15) is 15.0 Å². The van der Waals surface area contributed by atoms with Crippen molar-refractivity contribution in [3.05, 3.63) is 170 Å². The highest BCUT2D eigenvalue weighted by Gasteiger charge is 2.28. The smallest absolute Gasteiger partial charge is 0.203 e. The number of aromatic nitrogens is 6. The van der Waals surface area contributed by atoms with Gasteiger partial charge in [0.15, 0.2) is 5.52 Å². The molecule has 0 bridgehead atoms. The van der Waals surface area contributed by atoms with Crippen molar-refractivity contribution in [2.45, 2.75) is 48.2 Å². The van der Waals surface area contributed by atoms with Crippen LogP contribution in [0.4, 0.5) is 34.1 Å². The van der Waals surface area contributed by atoms with E-state index < -0.39 is 0 Å². The first kappa shape index (κ1) is 38.8. The molecule has 9 aromatic rings. The molecule has 8 heteroatoms. The van der Waals surface area contributed by atoms with E-state index in [1.165, 1.54) is 0 Å². The molecule has 1 N–H and O–H groups in total. The van der Waals surface area contributed by atoms with Gasteiger partial charge in [-0.15, -0.1) is 5.10 Å². The lowest BCUT2D eigenvalue weighted by Crippen LogP contribution is -2.41. The van der Waals surface area contributed by atoms with Gasteiger partial charge < -0.3 is 9.80 Å². The van der Waals surface area contributed by atoms with Crippen molar-refractivity contribution in [1.82, 2.24) is 25.2 Å². The molecule has 0 fully saturated rings. The van der Waals surface area contributed by atoms with Gasteiger partial charge in [0, 0.05) is 56.3 Å². The number of para-hydroxylation sites is 4. The molecule has 0 unspecified atom stereocenters. The van der Waals surface area contributed by atoms with Crippen molar-refractivity contribution < 1.29 is 4.80 Å². The Kier molecular flexibility index (Phi) is 11.1. The molecular formula is C51H51N8+. The third-order valence-electron chi connectivity index (χ3n) is 10.3. The van der Waals surface area contributed by atoms with Crippen molar-refractivity contribution in [3.8, 4) is 22.3 Å². The molecule has 0 aliphatic carbocycles. The fourth-order valence-corrected chi connectivity index (χ4v) is 7.79. The summed E-state index contributed by atoms with van der Waals surface area (Å²) in [5, 5.41) is 19.5. The summed E-state index contributed by atoms with van der Waals surface area (Å²) < 4.78 is 0. The molecule has 2 aromatic heterocycles. The van der Waals surface area contributed by atoms with Gasteiger partial charge in [-0.3, -0.25) is 0 Å². The summed E-state index contributed by atoms with van der Waals surface area (Å²) in [6.07, 6.45) is 0. The van der Waals surface area contributed by atoms with Crippen molar-refractivity contribution >= 4 is 56.2 Å². The standard InChI is InChI=1S/C50H47N8.CH4/c1-35(2)33-55-51-47-45(37-25-29-43(30-26-37)57(39-17-9-5-10-18-39)40-19-11-6-12-20-40)49-50(54-56(53-49)34-36(3)4)46(48(47)52-55)38-27-31-44(32-28-38)58(41-21-13-7-14-22-41)42-23-15-8-16-24-42;/h5-32,35-36H,33-34H2,1-4H3,(H,51,52);1H4/q+1;. The van der Waals surface area contributed by atoms with E-state index >= 15 is 0 Å². The predicted molar refractivity (Wildman–Crippen MR) is 244 cm³/mol. The van der Waals surface area contributed by atoms with E-state index in [0.717, 1.165) is 85.0 Å². The number of nitrogens with one attached hydrogen (secondary N) is 1. The second-order valence-electron chi connectivity index (χ2n) is 15.6. The van der Waals surface area contributed by atoms with Crippen LogP contribution in [0.25, 0.3) is 44.3 Å². The topological polar surface area (TPSA) is 69.8 Å². The van der Waals surface area contributed by atoms with Crippen molar-refractivity contribution in [2.75, 3.05) is 9.80 Å². The van der Waals surface area contributed by atoms with Gasteiger partial charge in [0.05, 0.1) is 6.54 Å². The molecule has 7 aromatic carbocycles. The Hall–Kier alpha value is -7.06. The van der Waals surface area contributed by atoms with Crippen LogP contribution in [0, 0.1) is 11.8 Å². The molecule has 8 nitrogen and oxygen atoms in total. The molecule has 0 aliphatic heterocycles. The minimum atomic E-state index is 0. The van der Waals surface area contributed by atoms with Crippen molar-refractivity contribution in [3.63, 3.8) is 0 Å². The van der Waals surface area contributed by atoms with Gasteiger partial charge in [-0.05, 0) is 94.6 Å². The third kappa shape index (κ3) is 7.82. The van der Waals surface area contributed by atoms with Crippen LogP contribution >= 0.6 is 0 Å². The molecule has 0 saturated carbocycles. The summed E-state index contributed by atoms with van der Waals surface area (Å²) in [5.41, 5.74) is 14.0. The Morgan fingerprint density at radius 2 is 0.847 bits per heavy atom. The molecule has 0 aliphatic rings. The Labute approximate surface area is 347 Å². The van der Waals surface area contributed by atoms with E-state index in [1.54, 1.807) is 0 Å². The second-order valence-corrected chi connectivity index (χ2v) is 15.6. The number of benzene rings is 7. The summed E-state index contributed by atoms with van der Waals surface area (Å²) >= 11 is 0.